The summed E-state index contributed by atoms with van der Waals surface area (Å²) in [6.07, 6.45) is 1.27. The van der Waals surface area contributed by atoms with Crippen molar-refractivity contribution < 1.29 is 14.9 Å². The molecule has 0 radical (unpaired) electrons. The van der Waals surface area contributed by atoms with E-state index in [1.807, 2.05) is 0 Å². The van der Waals surface area contributed by atoms with Gasteiger partial charge in [0.05, 0.1) is 7.11 Å². The summed E-state index contributed by atoms with van der Waals surface area (Å²) in [5.74, 6) is 0.149. The third-order valence-electron chi connectivity index (χ3n) is 1.09. The first-order valence-corrected chi connectivity index (χ1v) is 3.28. The van der Waals surface area contributed by atoms with Crippen molar-refractivity contribution in [2.24, 2.45) is 4.99 Å². The van der Waals surface area contributed by atoms with E-state index in [4.69, 9.17) is 10.2 Å². The van der Waals surface area contributed by atoms with Crippen molar-refractivity contribution in [2.75, 3.05) is 13.7 Å². The SMILES string of the molecule is COC(=C/O)/N=C(\C)CCO. The predicted molar refractivity (Wildman–Crippen MR) is 42.5 cm³/mol. The van der Waals surface area contributed by atoms with Crippen LogP contribution in [0.2, 0.25) is 0 Å². The average molecular weight is 159 g/mol. The standard InChI is InChI=1S/C7H13NO3/c1-6(3-4-9)8-7(5-10)11-2/h5,9-10H,3-4H2,1-2H3/b7-5+,8-6+. The largest absolute Gasteiger partial charge is 0.510 e. The fraction of sp³-hybridized carbons (Fsp3) is 0.571. The maximum Gasteiger partial charge on any atom is 0.248 e. The highest BCUT2D eigenvalue weighted by atomic mass is 16.5. The zero-order valence-electron chi connectivity index (χ0n) is 6.74. The maximum absolute atomic E-state index is 8.49. The molecule has 0 aliphatic heterocycles. The van der Waals surface area contributed by atoms with Gasteiger partial charge < -0.3 is 14.9 Å². The number of hydrogen-bond donors (Lipinski definition) is 2. The Bertz CT molecular complexity index is 163. The minimum atomic E-state index is 0.0533. The van der Waals surface area contributed by atoms with Gasteiger partial charge in [-0.2, -0.15) is 0 Å². The van der Waals surface area contributed by atoms with Gasteiger partial charge in [-0.1, -0.05) is 0 Å². The highest BCUT2D eigenvalue weighted by Crippen LogP contribution is 1.97. The Hall–Kier alpha value is -1.03. The summed E-state index contributed by atoms with van der Waals surface area (Å²) < 4.78 is 4.66. The Morgan fingerprint density at radius 2 is 2.27 bits per heavy atom. The Balaban J connectivity index is 4.04. The van der Waals surface area contributed by atoms with Gasteiger partial charge in [-0.25, -0.2) is 4.99 Å². The highest BCUT2D eigenvalue weighted by Gasteiger charge is 1.93. The molecule has 0 fully saturated rings. The van der Waals surface area contributed by atoms with E-state index in [9.17, 15) is 0 Å². The summed E-state index contributed by atoms with van der Waals surface area (Å²) in [6.45, 7) is 1.80. The van der Waals surface area contributed by atoms with E-state index in [0.29, 0.717) is 6.42 Å². The molecule has 0 aromatic rings. The quantitative estimate of drug-likeness (QED) is 0.472. The number of ether oxygens (including phenoxy) is 1. The lowest BCUT2D eigenvalue weighted by molar-refractivity contribution is 0.267. The van der Waals surface area contributed by atoms with E-state index in [-0.39, 0.29) is 12.5 Å². The number of nitrogens with zero attached hydrogens (tertiary/aromatic N) is 1. The van der Waals surface area contributed by atoms with Crippen molar-refractivity contribution in [1.82, 2.24) is 0 Å². The smallest absolute Gasteiger partial charge is 0.248 e. The van der Waals surface area contributed by atoms with Gasteiger partial charge in [0, 0.05) is 18.7 Å². The first-order chi connectivity index (χ1) is 5.24. The molecule has 0 spiro atoms. The van der Waals surface area contributed by atoms with Crippen LogP contribution >= 0.6 is 0 Å². The summed E-state index contributed by atoms with van der Waals surface area (Å²) in [5, 5.41) is 17.0. The molecule has 0 saturated heterocycles. The molecule has 0 unspecified atom stereocenters. The number of aliphatic hydroxyl groups excluding tert-OH is 2. The van der Waals surface area contributed by atoms with Crippen LogP contribution in [0, 0.1) is 0 Å². The third-order valence-corrected chi connectivity index (χ3v) is 1.09. The van der Waals surface area contributed by atoms with Crippen molar-refractivity contribution in [3.63, 3.8) is 0 Å². The van der Waals surface area contributed by atoms with Gasteiger partial charge in [0.15, 0.2) is 0 Å². The molecule has 4 nitrogen and oxygen atoms in total. The molecule has 0 aromatic carbocycles. The number of aliphatic imine (C=N–C) groups is 1. The Labute approximate surface area is 65.8 Å². The van der Waals surface area contributed by atoms with Crippen molar-refractivity contribution in [3.05, 3.63) is 12.1 Å². The van der Waals surface area contributed by atoms with Crippen molar-refractivity contribution in [3.8, 4) is 0 Å². The van der Waals surface area contributed by atoms with Crippen LogP contribution < -0.4 is 0 Å². The van der Waals surface area contributed by atoms with Crippen LogP contribution in [-0.4, -0.2) is 29.6 Å². The molecule has 11 heavy (non-hydrogen) atoms. The number of hydrogen-bond acceptors (Lipinski definition) is 4. The molecule has 0 atom stereocenters. The van der Waals surface area contributed by atoms with Gasteiger partial charge in [0.1, 0.15) is 6.26 Å². The van der Waals surface area contributed by atoms with Gasteiger partial charge in [-0.15, -0.1) is 0 Å². The van der Waals surface area contributed by atoms with Gasteiger partial charge in [0.2, 0.25) is 5.88 Å². The second-order valence-electron chi connectivity index (χ2n) is 1.99. The Morgan fingerprint density at radius 1 is 1.64 bits per heavy atom. The van der Waals surface area contributed by atoms with E-state index >= 15 is 0 Å². The molecule has 0 aliphatic rings. The van der Waals surface area contributed by atoms with E-state index in [1.165, 1.54) is 7.11 Å². The van der Waals surface area contributed by atoms with Gasteiger partial charge in [-0.05, 0) is 6.92 Å². The second-order valence-corrected chi connectivity index (χ2v) is 1.99. The summed E-state index contributed by atoms with van der Waals surface area (Å²) in [4.78, 5) is 3.85. The normalized spacial score (nSPS) is 13.4. The lowest BCUT2D eigenvalue weighted by Crippen LogP contribution is -1.97. The lowest BCUT2D eigenvalue weighted by Gasteiger charge is -1.99. The van der Waals surface area contributed by atoms with Crippen LogP contribution in [-0.2, 0) is 4.74 Å². The topological polar surface area (TPSA) is 62.0 Å². The lowest BCUT2D eigenvalue weighted by atomic mass is 10.3. The highest BCUT2D eigenvalue weighted by molar-refractivity contribution is 5.82. The van der Waals surface area contributed by atoms with Crippen LogP contribution in [0.25, 0.3) is 0 Å². The molecule has 0 amide bonds. The summed E-state index contributed by atoms with van der Waals surface area (Å²) in [5.41, 5.74) is 0.717. The van der Waals surface area contributed by atoms with E-state index in [0.717, 1.165) is 12.0 Å². The number of methoxy groups -OCH3 is 1. The fourth-order valence-electron chi connectivity index (χ4n) is 0.533. The summed E-state index contributed by atoms with van der Waals surface area (Å²) in [7, 11) is 1.41. The maximum atomic E-state index is 8.49. The van der Waals surface area contributed by atoms with Crippen molar-refractivity contribution >= 4 is 5.71 Å². The van der Waals surface area contributed by atoms with E-state index in [2.05, 4.69) is 9.73 Å². The van der Waals surface area contributed by atoms with E-state index < -0.39 is 0 Å². The molecule has 4 heteroatoms. The zero-order valence-corrected chi connectivity index (χ0v) is 6.74. The monoisotopic (exact) mass is 159 g/mol. The van der Waals surface area contributed by atoms with Crippen molar-refractivity contribution in [2.45, 2.75) is 13.3 Å². The van der Waals surface area contributed by atoms with Crippen LogP contribution in [0.1, 0.15) is 13.3 Å². The molecular formula is C7H13NO3. The minimum Gasteiger partial charge on any atom is -0.510 e. The minimum absolute atomic E-state index is 0.0533. The fourth-order valence-corrected chi connectivity index (χ4v) is 0.533. The van der Waals surface area contributed by atoms with Gasteiger partial charge in [-0.3, -0.25) is 0 Å². The zero-order chi connectivity index (χ0) is 8.69. The second kappa shape index (κ2) is 5.73. The Morgan fingerprint density at radius 3 is 2.64 bits per heavy atom. The van der Waals surface area contributed by atoms with E-state index in [1.54, 1.807) is 6.92 Å². The van der Waals surface area contributed by atoms with Gasteiger partial charge >= 0.3 is 0 Å². The first kappa shape index (κ1) is 9.97. The van der Waals surface area contributed by atoms with Crippen LogP contribution in [0.3, 0.4) is 0 Å². The summed E-state index contributed by atoms with van der Waals surface area (Å²) in [6, 6.07) is 0. The number of rotatable bonds is 4. The van der Waals surface area contributed by atoms with Crippen LogP contribution in [0.4, 0.5) is 0 Å². The first-order valence-electron chi connectivity index (χ1n) is 3.28. The molecule has 0 rings (SSSR count). The molecule has 2 N–H and O–H groups in total. The molecule has 0 aromatic heterocycles. The predicted octanol–water partition coefficient (Wildman–Crippen LogP) is 0.833. The third kappa shape index (κ3) is 4.38. The van der Waals surface area contributed by atoms with Crippen LogP contribution in [0.15, 0.2) is 17.1 Å². The average Bonchev–Trinajstić information content (AvgIpc) is 2.01. The summed E-state index contributed by atoms with van der Waals surface area (Å²) >= 11 is 0. The molecule has 0 saturated carbocycles. The van der Waals surface area contributed by atoms with Gasteiger partial charge in [0.25, 0.3) is 0 Å². The Kier molecular flexibility index (Phi) is 5.20. The molecule has 0 bridgehead atoms. The molecule has 0 heterocycles. The van der Waals surface area contributed by atoms with Crippen molar-refractivity contribution in [1.29, 1.82) is 0 Å². The van der Waals surface area contributed by atoms with Crippen LogP contribution in [0.5, 0.6) is 0 Å². The molecule has 0 aliphatic carbocycles. The molecular weight excluding hydrogens is 146 g/mol. The number of aliphatic hydroxyl groups is 2. The molecule has 64 valence electrons.